The Morgan fingerprint density at radius 1 is 1.20 bits per heavy atom. The summed E-state index contributed by atoms with van der Waals surface area (Å²) in [5.41, 5.74) is 1.58. The van der Waals surface area contributed by atoms with Crippen molar-refractivity contribution >= 4 is 29.2 Å². The summed E-state index contributed by atoms with van der Waals surface area (Å²) >= 11 is 3.46. The van der Waals surface area contributed by atoms with E-state index in [-0.39, 0.29) is 10.6 Å². The Labute approximate surface area is 125 Å². The average molecular weight is 303 g/mol. The Kier molecular flexibility index (Phi) is 3.98. The highest BCUT2D eigenvalue weighted by molar-refractivity contribution is 8.00. The molecule has 102 valence electrons. The summed E-state index contributed by atoms with van der Waals surface area (Å²) in [7, 11) is 0. The van der Waals surface area contributed by atoms with E-state index < -0.39 is 0 Å². The van der Waals surface area contributed by atoms with Gasteiger partial charge in [0.05, 0.1) is 9.82 Å². The Morgan fingerprint density at radius 2 is 1.95 bits per heavy atom. The largest absolute Gasteiger partial charge is 0.282 e. The topological polar surface area (TPSA) is 43.1 Å². The van der Waals surface area contributed by atoms with Gasteiger partial charge in [0.2, 0.25) is 0 Å². The SMILES string of the molecule is O=[N+]([O-])c1ccccc1SCC1CSc2ccccc21. The highest BCUT2D eigenvalue weighted by Crippen LogP contribution is 2.42. The van der Waals surface area contributed by atoms with E-state index >= 15 is 0 Å². The van der Waals surface area contributed by atoms with E-state index in [2.05, 4.69) is 24.3 Å². The second-order valence-corrected chi connectivity index (χ2v) is 6.71. The van der Waals surface area contributed by atoms with E-state index in [1.807, 2.05) is 23.9 Å². The van der Waals surface area contributed by atoms with Crippen LogP contribution in [-0.4, -0.2) is 16.4 Å². The third kappa shape index (κ3) is 2.69. The maximum Gasteiger partial charge on any atom is 0.282 e. The van der Waals surface area contributed by atoms with Gasteiger partial charge in [0, 0.05) is 28.4 Å². The van der Waals surface area contributed by atoms with E-state index in [0.29, 0.717) is 5.92 Å². The monoisotopic (exact) mass is 303 g/mol. The number of rotatable bonds is 4. The quantitative estimate of drug-likeness (QED) is 0.471. The third-order valence-electron chi connectivity index (χ3n) is 3.30. The lowest BCUT2D eigenvalue weighted by atomic mass is 10.0. The molecule has 5 heteroatoms. The lowest BCUT2D eigenvalue weighted by Crippen LogP contribution is -2.00. The summed E-state index contributed by atoms with van der Waals surface area (Å²) in [6.07, 6.45) is 0. The molecule has 3 rings (SSSR count). The summed E-state index contributed by atoms with van der Waals surface area (Å²) in [6, 6.07) is 15.4. The molecule has 3 nitrogen and oxygen atoms in total. The molecule has 0 fully saturated rings. The van der Waals surface area contributed by atoms with Crippen molar-refractivity contribution in [1.29, 1.82) is 0 Å². The van der Waals surface area contributed by atoms with E-state index in [0.717, 1.165) is 16.4 Å². The van der Waals surface area contributed by atoms with Crippen LogP contribution in [0.25, 0.3) is 0 Å². The molecular formula is C15H13NO2S2. The first-order valence-electron chi connectivity index (χ1n) is 6.33. The number of nitrogens with zero attached hydrogens (tertiary/aromatic N) is 1. The number of para-hydroxylation sites is 1. The van der Waals surface area contributed by atoms with Gasteiger partial charge in [-0.15, -0.1) is 23.5 Å². The highest BCUT2D eigenvalue weighted by atomic mass is 32.2. The second-order valence-electron chi connectivity index (χ2n) is 4.58. The number of nitro benzene ring substituents is 1. The van der Waals surface area contributed by atoms with Crippen LogP contribution in [0.4, 0.5) is 5.69 Å². The van der Waals surface area contributed by atoms with Gasteiger partial charge in [-0.3, -0.25) is 10.1 Å². The summed E-state index contributed by atoms with van der Waals surface area (Å²) in [6.45, 7) is 0. The first-order valence-corrected chi connectivity index (χ1v) is 8.31. The molecule has 0 spiro atoms. The molecule has 2 aromatic rings. The molecule has 1 aliphatic heterocycles. The Balaban J connectivity index is 1.74. The first-order chi connectivity index (χ1) is 9.75. The number of hydrogen-bond acceptors (Lipinski definition) is 4. The standard InChI is InChI=1S/C15H13NO2S2/c17-16(18)13-6-2-4-8-15(13)20-10-11-9-19-14-7-3-1-5-12(11)14/h1-8,11H,9-10H2. The fourth-order valence-electron chi connectivity index (χ4n) is 2.29. The molecule has 1 aliphatic rings. The molecule has 20 heavy (non-hydrogen) atoms. The number of thioether (sulfide) groups is 2. The van der Waals surface area contributed by atoms with Gasteiger partial charge in [-0.25, -0.2) is 0 Å². The zero-order valence-corrected chi connectivity index (χ0v) is 12.3. The number of benzene rings is 2. The van der Waals surface area contributed by atoms with Crippen molar-refractivity contribution in [3.05, 3.63) is 64.2 Å². The van der Waals surface area contributed by atoms with Crippen molar-refractivity contribution in [2.45, 2.75) is 15.7 Å². The maximum absolute atomic E-state index is 11.0. The molecule has 1 unspecified atom stereocenters. The van der Waals surface area contributed by atoms with Crippen LogP contribution in [0.1, 0.15) is 11.5 Å². The minimum atomic E-state index is -0.306. The molecule has 0 saturated heterocycles. The lowest BCUT2D eigenvalue weighted by Gasteiger charge is -2.10. The van der Waals surface area contributed by atoms with Gasteiger partial charge >= 0.3 is 0 Å². The van der Waals surface area contributed by atoms with Crippen LogP contribution >= 0.6 is 23.5 Å². The molecule has 1 heterocycles. The summed E-state index contributed by atoms with van der Waals surface area (Å²) < 4.78 is 0. The predicted molar refractivity (Wildman–Crippen MR) is 83.7 cm³/mol. The minimum absolute atomic E-state index is 0.205. The van der Waals surface area contributed by atoms with Gasteiger partial charge in [-0.2, -0.15) is 0 Å². The normalized spacial score (nSPS) is 16.9. The molecular weight excluding hydrogens is 290 g/mol. The van der Waals surface area contributed by atoms with E-state index in [4.69, 9.17) is 0 Å². The fourth-order valence-corrected chi connectivity index (χ4v) is 4.83. The zero-order valence-electron chi connectivity index (χ0n) is 10.7. The van der Waals surface area contributed by atoms with Crippen molar-refractivity contribution < 1.29 is 4.92 Å². The lowest BCUT2D eigenvalue weighted by molar-refractivity contribution is -0.387. The van der Waals surface area contributed by atoms with Crippen LogP contribution in [0.15, 0.2) is 58.3 Å². The summed E-state index contributed by atoms with van der Waals surface area (Å²) in [5, 5.41) is 11.0. The van der Waals surface area contributed by atoms with Gasteiger partial charge < -0.3 is 0 Å². The molecule has 2 aromatic carbocycles. The minimum Gasteiger partial charge on any atom is -0.258 e. The molecule has 1 atom stereocenters. The van der Waals surface area contributed by atoms with E-state index in [1.54, 1.807) is 23.9 Å². The fraction of sp³-hybridized carbons (Fsp3) is 0.200. The van der Waals surface area contributed by atoms with Crippen LogP contribution in [-0.2, 0) is 0 Å². The van der Waals surface area contributed by atoms with Crippen molar-refractivity contribution in [3.63, 3.8) is 0 Å². The van der Waals surface area contributed by atoms with Gasteiger partial charge in [0.1, 0.15) is 0 Å². The van der Waals surface area contributed by atoms with Gasteiger partial charge in [-0.05, 0) is 17.7 Å². The number of nitro groups is 1. The van der Waals surface area contributed by atoms with Crippen LogP contribution in [0, 0.1) is 10.1 Å². The summed E-state index contributed by atoms with van der Waals surface area (Å²) in [4.78, 5) is 12.8. The van der Waals surface area contributed by atoms with Crippen LogP contribution < -0.4 is 0 Å². The molecule has 0 aromatic heterocycles. The first kappa shape index (κ1) is 13.5. The van der Waals surface area contributed by atoms with Crippen LogP contribution in [0.2, 0.25) is 0 Å². The van der Waals surface area contributed by atoms with Gasteiger partial charge in [0.15, 0.2) is 0 Å². The molecule has 0 aliphatic carbocycles. The second kappa shape index (κ2) is 5.89. The molecule has 0 amide bonds. The Morgan fingerprint density at radius 3 is 2.80 bits per heavy atom. The molecule has 0 N–H and O–H groups in total. The smallest absolute Gasteiger partial charge is 0.258 e. The van der Waals surface area contributed by atoms with Crippen molar-refractivity contribution in [1.82, 2.24) is 0 Å². The van der Waals surface area contributed by atoms with Gasteiger partial charge in [-0.1, -0.05) is 30.3 Å². The van der Waals surface area contributed by atoms with Gasteiger partial charge in [0.25, 0.3) is 5.69 Å². The third-order valence-corrected chi connectivity index (χ3v) is 5.78. The van der Waals surface area contributed by atoms with Crippen molar-refractivity contribution in [2.24, 2.45) is 0 Å². The van der Waals surface area contributed by atoms with E-state index in [9.17, 15) is 10.1 Å². The molecule has 0 saturated carbocycles. The Bertz CT molecular complexity index is 645. The maximum atomic E-state index is 11.0. The zero-order chi connectivity index (χ0) is 13.9. The number of fused-ring (bicyclic) bond motifs is 1. The van der Waals surface area contributed by atoms with Crippen LogP contribution in [0.3, 0.4) is 0 Å². The highest BCUT2D eigenvalue weighted by Gasteiger charge is 2.23. The predicted octanol–water partition coefficient (Wildman–Crippen LogP) is 4.58. The van der Waals surface area contributed by atoms with Crippen molar-refractivity contribution in [2.75, 3.05) is 11.5 Å². The molecule has 0 bridgehead atoms. The van der Waals surface area contributed by atoms with Crippen molar-refractivity contribution in [3.8, 4) is 0 Å². The average Bonchev–Trinajstić information content (AvgIpc) is 2.88. The number of hydrogen-bond donors (Lipinski definition) is 0. The van der Waals surface area contributed by atoms with Crippen LogP contribution in [0.5, 0.6) is 0 Å². The molecule has 0 radical (unpaired) electrons. The summed E-state index contributed by atoms with van der Waals surface area (Å²) in [5.74, 6) is 2.42. The van der Waals surface area contributed by atoms with E-state index in [1.165, 1.54) is 10.5 Å². The Hall–Kier alpha value is -1.46.